The van der Waals surface area contributed by atoms with Gasteiger partial charge < -0.3 is 10.0 Å². The van der Waals surface area contributed by atoms with Gasteiger partial charge in [0.05, 0.1) is 0 Å². The smallest absolute Gasteiger partial charge is 0.357 e. The van der Waals surface area contributed by atoms with Gasteiger partial charge in [-0.1, -0.05) is 12.1 Å². The van der Waals surface area contributed by atoms with E-state index in [0.717, 1.165) is 16.9 Å². The van der Waals surface area contributed by atoms with Crippen LogP contribution in [0.5, 0.6) is 0 Å². The number of hydrogen-bond acceptors (Lipinski definition) is 3. The molecular weight excluding hydrogens is 230 g/mol. The quantitative estimate of drug-likeness (QED) is 0.869. The number of benzene rings is 1. The van der Waals surface area contributed by atoms with E-state index in [1.807, 2.05) is 50.2 Å². The Balaban J connectivity index is 2.48. The van der Waals surface area contributed by atoms with Crippen LogP contribution in [0.2, 0.25) is 0 Å². The third-order valence-corrected chi connectivity index (χ3v) is 2.82. The molecule has 5 nitrogen and oxygen atoms in total. The fourth-order valence-electron chi connectivity index (χ4n) is 1.86. The van der Waals surface area contributed by atoms with Crippen LogP contribution in [0.4, 0.5) is 5.69 Å². The zero-order valence-corrected chi connectivity index (χ0v) is 10.6. The van der Waals surface area contributed by atoms with E-state index in [9.17, 15) is 4.79 Å². The molecule has 1 aromatic heterocycles. The highest BCUT2D eigenvalue weighted by atomic mass is 16.4. The van der Waals surface area contributed by atoms with Crippen LogP contribution in [0.1, 0.15) is 16.2 Å². The Labute approximate surface area is 105 Å². The predicted molar refractivity (Wildman–Crippen MR) is 70.0 cm³/mol. The molecule has 0 fully saturated rings. The van der Waals surface area contributed by atoms with Crippen molar-refractivity contribution in [3.05, 3.63) is 35.7 Å². The van der Waals surface area contributed by atoms with Crippen LogP contribution in [0.15, 0.2) is 24.3 Å². The second-order valence-corrected chi connectivity index (χ2v) is 4.32. The van der Waals surface area contributed by atoms with Gasteiger partial charge in [-0.15, -0.1) is 0 Å². The molecule has 0 bridgehead atoms. The summed E-state index contributed by atoms with van der Waals surface area (Å²) in [6.07, 6.45) is 0. The van der Waals surface area contributed by atoms with E-state index in [4.69, 9.17) is 5.11 Å². The number of H-pyrrole nitrogens is 1. The van der Waals surface area contributed by atoms with Crippen molar-refractivity contribution < 1.29 is 9.90 Å². The molecule has 0 atom stereocenters. The van der Waals surface area contributed by atoms with E-state index in [-0.39, 0.29) is 5.69 Å². The zero-order valence-electron chi connectivity index (χ0n) is 10.6. The second kappa shape index (κ2) is 4.52. The number of nitrogens with zero attached hydrogens (tertiary/aromatic N) is 2. The van der Waals surface area contributed by atoms with Crippen molar-refractivity contribution in [1.29, 1.82) is 0 Å². The number of carboxylic acids is 1. The molecule has 0 aliphatic carbocycles. The van der Waals surface area contributed by atoms with Crippen molar-refractivity contribution in [2.75, 3.05) is 19.0 Å². The number of hydrogen-bond donors (Lipinski definition) is 2. The first-order valence-electron chi connectivity index (χ1n) is 5.56. The van der Waals surface area contributed by atoms with Gasteiger partial charge in [-0.25, -0.2) is 4.79 Å². The third-order valence-electron chi connectivity index (χ3n) is 2.82. The van der Waals surface area contributed by atoms with E-state index in [0.29, 0.717) is 5.56 Å². The summed E-state index contributed by atoms with van der Waals surface area (Å²) in [6.45, 7) is 1.81. The van der Waals surface area contributed by atoms with Gasteiger partial charge in [-0.3, -0.25) is 5.10 Å². The fraction of sp³-hybridized carbons (Fsp3) is 0.231. The summed E-state index contributed by atoms with van der Waals surface area (Å²) in [5, 5.41) is 15.6. The number of carbonyl (C=O) groups is 1. The van der Waals surface area contributed by atoms with Gasteiger partial charge in [-0.05, 0) is 24.6 Å². The molecule has 5 heteroatoms. The Kier molecular flexibility index (Phi) is 3.06. The first-order chi connectivity index (χ1) is 8.50. The lowest BCUT2D eigenvalue weighted by Crippen LogP contribution is -2.08. The van der Waals surface area contributed by atoms with Gasteiger partial charge in [0, 0.05) is 31.0 Å². The molecule has 2 rings (SSSR count). The summed E-state index contributed by atoms with van der Waals surface area (Å²) in [5.74, 6) is -1.02. The number of rotatable bonds is 3. The van der Waals surface area contributed by atoms with E-state index in [1.54, 1.807) is 0 Å². The fourth-order valence-corrected chi connectivity index (χ4v) is 1.86. The van der Waals surface area contributed by atoms with Gasteiger partial charge in [0.25, 0.3) is 0 Å². The Hall–Kier alpha value is -2.30. The van der Waals surface area contributed by atoms with Crippen LogP contribution in [-0.4, -0.2) is 35.4 Å². The first-order valence-corrected chi connectivity index (χ1v) is 5.56. The lowest BCUT2D eigenvalue weighted by atomic mass is 10.0. The minimum Gasteiger partial charge on any atom is -0.476 e. The van der Waals surface area contributed by atoms with E-state index >= 15 is 0 Å². The van der Waals surface area contributed by atoms with Crippen molar-refractivity contribution in [1.82, 2.24) is 10.2 Å². The largest absolute Gasteiger partial charge is 0.476 e. The maximum atomic E-state index is 11.1. The average molecular weight is 245 g/mol. The molecule has 1 heterocycles. The Morgan fingerprint density at radius 1 is 1.28 bits per heavy atom. The minimum absolute atomic E-state index is 0.0603. The Morgan fingerprint density at radius 2 is 1.89 bits per heavy atom. The van der Waals surface area contributed by atoms with Crippen molar-refractivity contribution in [2.24, 2.45) is 0 Å². The Morgan fingerprint density at radius 3 is 2.39 bits per heavy atom. The van der Waals surface area contributed by atoms with Crippen LogP contribution in [0.25, 0.3) is 11.1 Å². The number of aromatic nitrogens is 2. The summed E-state index contributed by atoms with van der Waals surface area (Å²) in [6, 6.07) is 7.71. The molecule has 0 unspecified atom stereocenters. The lowest BCUT2D eigenvalue weighted by molar-refractivity contribution is 0.0691. The van der Waals surface area contributed by atoms with E-state index in [1.165, 1.54) is 0 Å². The molecule has 2 N–H and O–H groups in total. The molecule has 1 aromatic carbocycles. The number of aromatic amines is 1. The molecule has 0 radical (unpaired) electrons. The third kappa shape index (κ3) is 2.07. The molecule has 2 aromatic rings. The minimum atomic E-state index is -1.02. The summed E-state index contributed by atoms with van der Waals surface area (Å²) < 4.78 is 0. The number of nitrogens with one attached hydrogen (secondary N) is 1. The highest BCUT2D eigenvalue weighted by Gasteiger charge is 2.17. The maximum absolute atomic E-state index is 11.1. The lowest BCUT2D eigenvalue weighted by Gasteiger charge is -2.12. The molecule has 18 heavy (non-hydrogen) atoms. The summed E-state index contributed by atoms with van der Waals surface area (Å²) in [5.41, 5.74) is 3.38. The first kappa shape index (κ1) is 12.2. The van der Waals surface area contributed by atoms with Crippen LogP contribution in [0, 0.1) is 6.92 Å². The molecule has 0 saturated carbocycles. The summed E-state index contributed by atoms with van der Waals surface area (Å²) in [4.78, 5) is 13.1. The molecule has 0 saturated heterocycles. The maximum Gasteiger partial charge on any atom is 0.357 e. The van der Waals surface area contributed by atoms with Gasteiger partial charge in [0.15, 0.2) is 5.69 Å². The van der Waals surface area contributed by atoms with Crippen molar-refractivity contribution in [3.63, 3.8) is 0 Å². The van der Waals surface area contributed by atoms with E-state index < -0.39 is 5.97 Å². The molecular formula is C13H15N3O2. The SMILES string of the molecule is Cc1[nH]nc(C(=O)O)c1-c1ccc(N(C)C)cc1. The topological polar surface area (TPSA) is 69.2 Å². The second-order valence-electron chi connectivity index (χ2n) is 4.32. The average Bonchev–Trinajstić information content (AvgIpc) is 2.71. The van der Waals surface area contributed by atoms with Gasteiger partial charge in [-0.2, -0.15) is 5.10 Å². The van der Waals surface area contributed by atoms with Crippen LogP contribution in [0.3, 0.4) is 0 Å². The van der Waals surface area contributed by atoms with Gasteiger partial charge >= 0.3 is 5.97 Å². The number of anilines is 1. The summed E-state index contributed by atoms with van der Waals surface area (Å²) >= 11 is 0. The van der Waals surface area contributed by atoms with Crippen LogP contribution >= 0.6 is 0 Å². The molecule has 0 aliphatic heterocycles. The van der Waals surface area contributed by atoms with Crippen molar-refractivity contribution >= 4 is 11.7 Å². The monoisotopic (exact) mass is 245 g/mol. The Bertz CT molecular complexity index is 570. The van der Waals surface area contributed by atoms with Crippen LogP contribution < -0.4 is 4.90 Å². The standard InChI is InChI=1S/C13H15N3O2/c1-8-11(12(13(17)18)15-14-8)9-4-6-10(7-5-9)16(2)3/h4-7H,1-3H3,(H,14,15)(H,17,18). The highest BCUT2D eigenvalue weighted by Crippen LogP contribution is 2.27. The number of aromatic carboxylic acids is 1. The van der Waals surface area contributed by atoms with Gasteiger partial charge in [0.1, 0.15) is 0 Å². The molecule has 0 amide bonds. The normalized spacial score (nSPS) is 10.4. The highest BCUT2D eigenvalue weighted by molar-refractivity contribution is 5.94. The molecule has 0 aliphatic rings. The van der Waals surface area contributed by atoms with E-state index in [2.05, 4.69) is 10.2 Å². The molecule has 0 spiro atoms. The summed E-state index contributed by atoms with van der Waals surface area (Å²) in [7, 11) is 3.92. The number of carboxylic acid groups (broad SMARTS) is 1. The number of aryl methyl sites for hydroxylation is 1. The zero-order chi connectivity index (χ0) is 13.3. The van der Waals surface area contributed by atoms with Crippen molar-refractivity contribution in [2.45, 2.75) is 6.92 Å². The molecule has 94 valence electrons. The van der Waals surface area contributed by atoms with Gasteiger partial charge in [0.2, 0.25) is 0 Å². The van der Waals surface area contributed by atoms with Crippen molar-refractivity contribution in [3.8, 4) is 11.1 Å². The predicted octanol–water partition coefficient (Wildman–Crippen LogP) is 2.15. The van der Waals surface area contributed by atoms with Crippen LogP contribution in [-0.2, 0) is 0 Å².